The number of benzene rings is 2. The van der Waals surface area contributed by atoms with Gasteiger partial charge in [-0.3, -0.25) is 10.00 Å². The summed E-state index contributed by atoms with van der Waals surface area (Å²) in [5.41, 5.74) is 3.45. The summed E-state index contributed by atoms with van der Waals surface area (Å²) in [7, 11) is 0. The number of phenols is 1. The molecule has 22 heavy (non-hydrogen) atoms. The van der Waals surface area contributed by atoms with Crippen LogP contribution in [-0.2, 0) is 6.54 Å². The number of hydrogen-bond acceptors (Lipinski definition) is 3. The first-order valence-corrected chi connectivity index (χ1v) is 7.73. The van der Waals surface area contributed by atoms with Gasteiger partial charge in [-0.2, -0.15) is 5.10 Å². The lowest BCUT2D eigenvalue weighted by atomic mass is 9.98. The maximum atomic E-state index is 9.64. The minimum atomic E-state index is 0.357. The zero-order valence-electron chi connectivity index (χ0n) is 12.4. The largest absolute Gasteiger partial charge is 0.508 e. The summed E-state index contributed by atoms with van der Waals surface area (Å²) >= 11 is 0. The number of aromatic amines is 1. The van der Waals surface area contributed by atoms with E-state index in [-0.39, 0.29) is 0 Å². The Hall–Kier alpha value is -2.33. The normalized spacial score (nSPS) is 19.0. The van der Waals surface area contributed by atoms with Crippen LogP contribution in [0.15, 0.2) is 48.5 Å². The van der Waals surface area contributed by atoms with E-state index < -0.39 is 0 Å². The molecule has 2 N–H and O–H groups in total. The van der Waals surface area contributed by atoms with E-state index in [2.05, 4.69) is 33.3 Å². The number of para-hydroxylation sites is 1. The molecule has 0 bridgehead atoms. The summed E-state index contributed by atoms with van der Waals surface area (Å²) in [6, 6.07) is 15.9. The smallest absolute Gasteiger partial charge is 0.115 e. The molecular formula is C18H19N3O. The number of aromatic nitrogens is 2. The first-order valence-electron chi connectivity index (χ1n) is 7.73. The molecule has 3 aromatic rings. The summed E-state index contributed by atoms with van der Waals surface area (Å²) in [4.78, 5) is 2.45. The number of nitrogens with zero attached hydrogens (tertiary/aromatic N) is 2. The number of aromatic hydroxyl groups is 1. The Morgan fingerprint density at radius 3 is 3.00 bits per heavy atom. The number of nitrogens with one attached hydrogen (secondary N) is 1. The summed E-state index contributed by atoms with van der Waals surface area (Å²) in [6.07, 6.45) is 1.13. The Labute approximate surface area is 129 Å². The molecule has 1 saturated heterocycles. The average molecular weight is 293 g/mol. The molecule has 2 aromatic carbocycles. The Kier molecular flexibility index (Phi) is 3.31. The van der Waals surface area contributed by atoms with Gasteiger partial charge in [0.15, 0.2) is 0 Å². The van der Waals surface area contributed by atoms with Crippen molar-refractivity contribution in [1.29, 1.82) is 0 Å². The molecule has 2 heterocycles. The standard InChI is InChI=1S/C18H19N3O/c22-15-5-3-4-13(10-15)14-8-9-21(11-14)12-18-16-6-1-2-7-17(16)19-20-18/h1-7,10,14,22H,8-9,11-12H2,(H,19,20). The monoisotopic (exact) mass is 293 g/mol. The van der Waals surface area contributed by atoms with Crippen molar-refractivity contribution in [3.05, 3.63) is 59.8 Å². The Morgan fingerprint density at radius 2 is 2.09 bits per heavy atom. The molecule has 1 aromatic heterocycles. The fraction of sp³-hybridized carbons (Fsp3) is 0.278. The van der Waals surface area contributed by atoms with Crippen LogP contribution in [0.3, 0.4) is 0 Å². The Bertz CT molecular complexity index is 796. The minimum absolute atomic E-state index is 0.357. The molecule has 0 radical (unpaired) electrons. The number of hydrogen-bond donors (Lipinski definition) is 2. The third-order valence-corrected chi connectivity index (χ3v) is 4.54. The van der Waals surface area contributed by atoms with Gasteiger partial charge in [0.05, 0.1) is 11.2 Å². The first-order chi connectivity index (χ1) is 10.8. The summed E-state index contributed by atoms with van der Waals surface area (Å²) in [6.45, 7) is 3.00. The van der Waals surface area contributed by atoms with E-state index in [0.29, 0.717) is 11.7 Å². The van der Waals surface area contributed by atoms with Crippen molar-refractivity contribution < 1.29 is 5.11 Å². The van der Waals surface area contributed by atoms with Crippen LogP contribution in [-0.4, -0.2) is 33.3 Å². The van der Waals surface area contributed by atoms with E-state index >= 15 is 0 Å². The van der Waals surface area contributed by atoms with E-state index in [9.17, 15) is 5.11 Å². The highest BCUT2D eigenvalue weighted by Crippen LogP contribution is 2.30. The van der Waals surface area contributed by atoms with Crippen molar-refractivity contribution in [2.24, 2.45) is 0 Å². The van der Waals surface area contributed by atoms with Gasteiger partial charge in [-0.05, 0) is 42.6 Å². The molecule has 4 nitrogen and oxygen atoms in total. The molecule has 4 heteroatoms. The van der Waals surface area contributed by atoms with E-state index in [0.717, 1.165) is 31.6 Å². The fourth-order valence-corrected chi connectivity index (χ4v) is 3.39. The molecule has 112 valence electrons. The van der Waals surface area contributed by atoms with E-state index in [1.807, 2.05) is 24.3 Å². The predicted molar refractivity (Wildman–Crippen MR) is 86.8 cm³/mol. The lowest BCUT2D eigenvalue weighted by Crippen LogP contribution is -2.20. The summed E-state index contributed by atoms with van der Waals surface area (Å²) in [5.74, 6) is 0.858. The zero-order valence-corrected chi connectivity index (χ0v) is 12.4. The molecule has 0 amide bonds. The molecular weight excluding hydrogens is 274 g/mol. The van der Waals surface area contributed by atoms with Crippen LogP contribution in [0.4, 0.5) is 0 Å². The molecule has 1 fully saturated rings. The van der Waals surface area contributed by atoms with Crippen molar-refractivity contribution in [3.63, 3.8) is 0 Å². The van der Waals surface area contributed by atoms with Crippen LogP contribution in [0.5, 0.6) is 5.75 Å². The van der Waals surface area contributed by atoms with Crippen LogP contribution in [0.25, 0.3) is 10.9 Å². The van der Waals surface area contributed by atoms with Crippen molar-refractivity contribution in [2.45, 2.75) is 18.9 Å². The number of fused-ring (bicyclic) bond motifs is 1. The second-order valence-corrected chi connectivity index (χ2v) is 6.04. The quantitative estimate of drug-likeness (QED) is 0.779. The second-order valence-electron chi connectivity index (χ2n) is 6.04. The lowest BCUT2D eigenvalue weighted by molar-refractivity contribution is 0.323. The maximum Gasteiger partial charge on any atom is 0.115 e. The summed E-state index contributed by atoms with van der Waals surface area (Å²) in [5, 5.41) is 18.4. The third-order valence-electron chi connectivity index (χ3n) is 4.54. The predicted octanol–water partition coefficient (Wildman–Crippen LogP) is 3.26. The van der Waals surface area contributed by atoms with Crippen LogP contribution < -0.4 is 0 Å². The van der Waals surface area contributed by atoms with Crippen molar-refractivity contribution in [2.75, 3.05) is 13.1 Å². The fourth-order valence-electron chi connectivity index (χ4n) is 3.39. The van der Waals surface area contributed by atoms with Crippen LogP contribution in [0, 0.1) is 0 Å². The van der Waals surface area contributed by atoms with Crippen LogP contribution in [0.2, 0.25) is 0 Å². The topological polar surface area (TPSA) is 52.1 Å². The van der Waals surface area contributed by atoms with Gasteiger partial charge < -0.3 is 5.11 Å². The number of rotatable bonds is 3. The second kappa shape index (κ2) is 5.46. The molecule has 4 rings (SSSR count). The summed E-state index contributed by atoms with van der Waals surface area (Å²) < 4.78 is 0. The molecule has 0 saturated carbocycles. The zero-order chi connectivity index (χ0) is 14.9. The van der Waals surface area contributed by atoms with Gasteiger partial charge in [0, 0.05) is 18.5 Å². The Balaban J connectivity index is 1.49. The SMILES string of the molecule is Oc1cccc(C2CCN(Cc3[nH]nc4ccccc34)C2)c1. The number of likely N-dealkylation sites (tertiary alicyclic amines) is 1. The van der Waals surface area contributed by atoms with Gasteiger partial charge >= 0.3 is 0 Å². The average Bonchev–Trinajstić information content (AvgIpc) is 3.16. The molecule has 1 atom stereocenters. The maximum absolute atomic E-state index is 9.64. The highest BCUT2D eigenvalue weighted by Gasteiger charge is 2.24. The molecule has 1 aliphatic heterocycles. The van der Waals surface area contributed by atoms with E-state index in [4.69, 9.17) is 0 Å². The van der Waals surface area contributed by atoms with Gasteiger partial charge in [0.25, 0.3) is 0 Å². The van der Waals surface area contributed by atoms with Crippen molar-refractivity contribution >= 4 is 10.9 Å². The van der Waals surface area contributed by atoms with Gasteiger partial charge in [0.1, 0.15) is 5.75 Å². The highest BCUT2D eigenvalue weighted by molar-refractivity contribution is 5.81. The number of H-pyrrole nitrogens is 1. The molecule has 1 aliphatic rings. The minimum Gasteiger partial charge on any atom is -0.508 e. The van der Waals surface area contributed by atoms with E-state index in [1.165, 1.54) is 16.6 Å². The van der Waals surface area contributed by atoms with Crippen molar-refractivity contribution in [3.8, 4) is 5.75 Å². The van der Waals surface area contributed by atoms with Crippen LogP contribution >= 0.6 is 0 Å². The Morgan fingerprint density at radius 1 is 1.18 bits per heavy atom. The highest BCUT2D eigenvalue weighted by atomic mass is 16.3. The first kappa shape index (κ1) is 13.3. The number of phenolic OH excluding ortho intramolecular Hbond substituents is 1. The lowest BCUT2D eigenvalue weighted by Gasteiger charge is -2.15. The molecule has 0 spiro atoms. The van der Waals surface area contributed by atoms with Crippen LogP contribution in [0.1, 0.15) is 23.6 Å². The van der Waals surface area contributed by atoms with E-state index in [1.54, 1.807) is 6.07 Å². The van der Waals surface area contributed by atoms with Gasteiger partial charge in [-0.25, -0.2) is 0 Å². The van der Waals surface area contributed by atoms with Gasteiger partial charge in [-0.15, -0.1) is 0 Å². The third kappa shape index (κ3) is 2.46. The molecule has 0 aliphatic carbocycles. The van der Waals surface area contributed by atoms with Gasteiger partial charge in [0.2, 0.25) is 0 Å². The van der Waals surface area contributed by atoms with Gasteiger partial charge in [-0.1, -0.05) is 30.3 Å². The molecule has 1 unspecified atom stereocenters. The van der Waals surface area contributed by atoms with Crippen molar-refractivity contribution in [1.82, 2.24) is 15.1 Å².